The molecular weight excluding hydrogens is 224 g/mol. The van der Waals surface area contributed by atoms with Crippen LogP contribution in [0, 0.1) is 0 Å². The molecule has 0 aliphatic rings. The van der Waals surface area contributed by atoms with E-state index < -0.39 is 18.0 Å². The summed E-state index contributed by atoms with van der Waals surface area (Å²) < 4.78 is 5.00. The number of ether oxygens (including phenoxy) is 1. The van der Waals surface area contributed by atoms with E-state index in [0.717, 1.165) is 12.8 Å². The van der Waals surface area contributed by atoms with E-state index in [2.05, 4.69) is 5.32 Å². The Morgan fingerprint density at radius 2 is 2.06 bits per heavy atom. The molecule has 0 aromatic heterocycles. The molecular formula is C11H22N2O4. The number of hydrogen-bond donors (Lipinski definition) is 2. The van der Waals surface area contributed by atoms with E-state index >= 15 is 0 Å². The van der Waals surface area contributed by atoms with Crippen molar-refractivity contribution in [2.24, 2.45) is 0 Å². The van der Waals surface area contributed by atoms with Crippen LogP contribution in [0.2, 0.25) is 0 Å². The summed E-state index contributed by atoms with van der Waals surface area (Å²) in [6.45, 7) is 3.90. The Morgan fingerprint density at radius 3 is 2.47 bits per heavy atom. The minimum atomic E-state index is -1.03. The molecule has 2 N–H and O–H groups in total. The average molecular weight is 246 g/mol. The molecule has 0 aromatic carbocycles. The van der Waals surface area contributed by atoms with Gasteiger partial charge in [0, 0.05) is 14.2 Å². The van der Waals surface area contributed by atoms with Crippen molar-refractivity contribution in [1.29, 1.82) is 0 Å². The first-order valence-corrected chi connectivity index (χ1v) is 5.69. The lowest BCUT2D eigenvalue weighted by Gasteiger charge is -2.25. The number of amides is 2. The van der Waals surface area contributed by atoms with Crippen molar-refractivity contribution in [3.8, 4) is 0 Å². The van der Waals surface area contributed by atoms with Gasteiger partial charge in [0.2, 0.25) is 0 Å². The monoisotopic (exact) mass is 246 g/mol. The van der Waals surface area contributed by atoms with E-state index in [1.807, 2.05) is 6.92 Å². The summed E-state index contributed by atoms with van der Waals surface area (Å²) in [7, 11) is 3.03. The highest BCUT2D eigenvalue weighted by Gasteiger charge is 2.23. The fourth-order valence-electron chi connectivity index (χ4n) is 1.36. The minimum absolute atomic E-state index is 0.0825. The van der Waals surface area contributed by atoms with Gasteiger partial charge in [-0.15, -0.1) is 0 Å². The molecule has 0 saturated heterocycles. The zero-order valence-corrected chi connectivity index (χ0v) is 10.9. The zero-order chi connectivity index (χ0) is 13.4. The second kappa shape index (κ2) is 7.89. The lowest BCUT2D eigenvalue weighted by molar-refractivity contribution is -0.141. The van der Waals surface area contributed by atoms with Crippen LogP contribution in [-0.4, -0.2) is 54.9 Å². The Kier molecular flexibility index (Phi) is 7.29. The Balaban J connectivity index is 4.33. The van der Waals surface area contributed by atoms with Crippen LogP contribution in [0.5, 0.6) is 0 Å². The van der Waals surface area contributed by atoms with Crippen molar-refractivity contribution in [1.82, 2.24) is 10.2 Å². The van der Waals surface area contributed by atoms with Crippen LogP contribution in [0.25, 0.3) is 0 Å². The zero-order valence-electron chi connectivity index (χ0n) is 10.9. The second-order valence-electron chi connectivity index (χ2n) is 4.02. The first-order valence-electron chi connectivity index (χ1n) is 5.69. The maximum absolute atomic E-state index is 11.7. The van der Waals surface area contributed by atoms with E-state index in [1.54, 1.807) is 7.11 Å². The van der Waals surface area contributed by atoms with Crippen LogP contribution in [0.4, 0.5) is 4.79 Å². The Bertz CT molecular complexity index is 252. The summed E-state index contributed by atoms with van der Waals surface area (Å²) in [5, 5.41) is 11.5. The third-order valence-corrected chi connectivity index (χ3v) is 2.59. The number of urea groups is 1. The van der Waals surface area contributed by atoms with Crippen molar-refractivity contribution in [2.45, 2.75) is 38.8 Å². The van der Waals surface area contributed by atoms with Gasteiger partial charge in [-0.25, -0.2) is 9.59 Å². The maximum atomic E-state index is 11.7. The van der Waals surface area contributed by atoms with Gasteiger partial charge >= 0.3 is 12.0 Å². The van der Waals surface area contributed by atoms with Crippen LogP contribution < -0.4 is 5.32 Å². The smallest absolute Gasteiger partial charge is 0.326 e. The van der Waals surface area contributed by atoms with Crippen LogP contribution in [0.15, 0.2) is 0 Å². The van der Waals surface area contributed by atoms with Crippen molar-refractivity contribution in [3.05, 3.63) is 0 Å². The molecule has 0 aromatic rings. The molecule has 6 heteroatoms. The van der Waals surface area contributed by atoms with Gasteiger partial charge in [0.15, 0.2) is 0 Å². The number of rotatable bonds is 7. The molecule has 100 valence electrons. The first-order chi connectivity index (χ1) is 7.93. The molecule has 0 radical (unpaired) electrons. The van der Waals surface area contributed by atoms with Gasteiger partial charge in [0.05, 0.1) is 12.6 Å². The number of carbonyl (C=O) groups is 2. The van der Waals surface area contributed by atoms with Crippen LogP contribution in [0.3, 0.4) is 0 Å². The number of methoxy groups -OCH3 is 1. The molecule has 2 atom stereocenters. The molecule has 0 fully saturated rings. The molecule has 2 amide bonds. The standard InChI is InChI=1S/C11H22N2O4/c1-5-6-9(7-17-4)12-11(16)13(3)8(2)10(14)15/h8-9H,5-7H2,1-4H3,(H,12,16)(H,14,15). The number of aliphatic carboxylic acids is 1. The topological polar surface area (TPSA) is 78.9 Å². The number of carbonyl (C=O) groups excluding carboxylic acids is 1. The van der Waals surface area contributed by atoms with E-state index in [1.165, 1.54) is 18.9 Å². The quantitative estimate of drug-likeness (QED) is 0.700. The highest BCUT2D eigenvalue weighted by Crippen LogP contribution is 2.01. The van der Waals surface area contributed by atoms with Crippen molar-refractivity contribution in [3.63, 3.8) is 0 Å². The second-order valence-corrected chi connectivity index (χ2v) is 4.02. The minimum Gasteiger partial charge on any atom is -0.480 e. The summed E-state index contributed by atoms with van der Waals surface area (Å²) in [5.74, 6) is -1.03. The molecule has 0 rings (SSSR count). The van der Waals surface area contributed by atoms with Gasteiger partial charge in [-0.2, -0.15) is 0 Å². The third-order valence-electron chi connectivity index (χ3n) is 2.59. The Labute approximate surface area is 102 Å². The molecule has 0 bridgehead atoms. The fourth-order valence-corrected chi connectivity index (χ4v) is 1.36. The molecule has 0 aliphatic heterocycles. The lowest BCUT2D eigenvalue weighted by atomic mass is 10.2. The Morgan fingerprint density at radius 1 is 1.47 bits per heavy atom. The van der Waals surface area contributed by atoms with Crippen molar-refractivity contribution < 1.29 is 19.4 Å². The number of carboxylic acid groups (broad SMARTS) is 1. The van der Waals surface area contributed by atoms with E-state index in [-0.39, 0.29) is 6.04 Å². The van der Waals surface area contributed by atoms with Gasteiger partial charge in [-0.1, -0.05) is 13.3 Å². The molecule has 2 unspecified atom stereocenters. The molecule has 0 aliphatic carbocycles. The largest absolute Gasteiger partial charge is 0.480 e. The van der Waals surface area contributed by atoms with Crippen LogP contribution in [-0.2, 0) is 9.53 Å². The normalized spacial score (nSPS) is 13.9. The van der Waals surface area contributed by atoms with E-state index in [9.17, 15) is 9.59 Å². The van der Waals surface area contributed by atoms with Gasteiger partial charge in [0.1, 0.15) is 6.04 Å². The van der Waals surface area contributed by atoms with Gasteiger partial charge < -0.3 is 20.1 Å². The van der Waals surface area contributed by atoms with Gasteiger partial charge in [-0.3, -0.25) is 0 Å². The SMILES string of the molecule is CCCC(COC)NC(=O)N(C)C(C)C(=O)O. The van der Waals surface area contributed by atoms with Crippen molar-refractivity contribution >= 4 is 12.0 Å². The van der Waals surface area contributed by atoms with Gasteiger partial charge in [-0.05, 0) is 13.3 Å². The van der Waals surface area contributed by atoms with E-state index in [0.29, 0.717) is 6.61 Å². The summed E-state index contributed by atoms with van der Waals surface area (Å²) in [4.78, 5) is 23.6. The molecule has 0 saturated carbocycles. The molecule has 0 heterocycles. The van der Waals surface area contributed by atoms with Crippen LogP contribution in [0.1, 0.15) is 26.7 Å². The number of nitrogens with one attached hydrogen (secondary N) is 1. The summed E-state index contributed by atoms with van der Waals surface area (Å²) in [6, 6.07) is -1.32. The molecule has 0 spiro atoms. The van der Waals surface area contributed by atoms with E-state index in [4.69, 9.17) is 9.84 Å². The predicted octanol–water partition coefficient (Wildman–Crippen LogP) is 0.916. The first kappa shape index (κ1) is 15.7. The highest BCUT2D eigenvalue weighted by atomic mass is 16.5. The maximum Gasteiger partial charge on any atom is 0.326 e. The summed E-state index contributed by atoms with van der Waals surface area (Å²) in [6.07, 6.45) is 1.72. The predicted molar refractivity (Wildman–Crippen MR) is 64.0 cm³/mol. The summed E-state index contributed by atoms with van der Waals surface area (Å²) >= 11 is 0. The molecule has 6 nitrogen and oxygen atoms in total. The molecule has 17 heavy (non-hydrogen) atoms. The number of nitrogens with zero attached hydrogens (tertiary/aromatic N) is 1. The fraction of sp³-hybridized carbons (Fsp3) is 0.818. The number of carboxylic acids is 1. The van der Waals surface area contributed by atoms with Crippen LogP contribution >= 0.6 is 0 Å². The lowest BCUT2D eigenvalue weighted by Crippen LogP contribution is -2.49. The highest BCUT2D eigenvalue weighted by molar-refractivity contribution is 5.82. The average Bonchev–Trinajstić information content (AvgIpc) is 2.27. The van der Waals surface area contributed by atoms with Crippen molar-refractivity contribution in [2.75, 3.05) is 20.8 Å². The van der Waals surface area contributed by atoms with Gasteiger partial charge in [0.25, 0.3) is 0 Å². The third kappa shape index (κ3) is 5.53. The number of likely N-dealkylation sites (N-methyl/N-ethyl adjacent to an activating group) is 1. The number of hydrogen-bond acceptors (Lipinski definition) is 3. The summed E-state index contributed by atoms with van der Waals surface area (Å²) in [5.41, 5.74) is 0. The Hall–Kier alpha value is -1.30.